The Kier molecular flexibility index (Phi) is 4.44. The topological polar surface area (TPSA) is 66.0 Å². The first-order valence-electron chi connectivity index (χ1n) is 5.72. The highest BCUT2D eigenvalue weighted by Gasteiger charge is 2.23. The van der Waals surface area contributed by atoms with Crippen molar-refractivity contribution in [1.82, 2.24) is 15.0 Å². The van der Waals surface area contributed by atoms with E-state index in [-0.39, 0.29) is 12.1 Å². The molecular formula is C12H14BrClN4O. The third kappa shape index (κ3) is 3.26. The van der Waals surface area contributed by atoms with Crippen LogP contribution in [0, 0.1) is 0 Å². The molecule has 19 heavy (non-hydrogen) atoms. The van der Waals surface area contributed by atoms with Crippen molar-refractivity contribution in [3.05, 3.63) is 39.6 Å². The summed E-state index contributed by atoms with van der Waals surface area (Å²) in [7, 11) is 1.79. The van der Waals surface area contributed by atoms with Gasteiger partial charge in [0.05, 0.1) is 11.7 Å². The van der Waals surface area contributed by atoms with Gasteiger partial charge in [-0.2, -0.15) is 0 Å². The lowest BCUT2D eigenvalue weighted by Crippen LogP contribution is -2.30. The number of aryl methyl sites for hydroxylation is 1. The van der Waals surface area contributed by atoms with Crippen molar-refractivity contribution in [2.75, 3.05) is 0 Å². The molecule has 2 N–H and O–H groups in total. The van der Waals surface area contributed by atoms with Crippen molar-refractivity contribution in [2.24, 2.45) is 12.8 Å². The highest BCUT2D eigenvalue weighted by Crippen LogP contribution is 2.25. The van der Waals surface area contributed by atoms with Crippen LogP contribution in [0.2, 0.25) is 5.02 Å². The van der Waals surface area contributed by atoms with Gasteiger partial charge in [-0.3, -0.25) is 0 Å². The van der Waals surface area contributed by atoms with Gasteiger partial charge in [-0.05, 0) is 41.1 Å². The van der Waals surface area contributed by atoms with Crippen molar-refractivity contribution in [1.29, 1.82) is 0 Å². The fourth-order valence-corrected chi connectivity index (χ4v) is 2.52. The number of nitrogens with zero attached hydrogens (tertiary/aromatic N) is 3. The largest absolute Gasteiger partial charge is 0.489 e. The monoisotopic (exact) mass is 344 g/mol. The molecule has 2 rings (SSSR count). The lowest BCUT2D eigenvalue weighted by atomic mass is 10.1. The molecule has 0 saturated heterocycles. The maximum Gasteiger partial charge on any atom is 0.153 e. The second-order valence-electron chi connectivity index (χ2n) is 4.20. The van der Waals surface area contributed by atoms with Crippen LogP contribution in [0.3, 0.4) is 0 Å². The Morgan fingerprint density at radius 3 is 2.79 bits per heavy atom. The zero-order chi connectivity index (χ0) is 14.0. The van der Waals surface area contributed by atoms with Gasteiger partial charge >= 0.3 is 0 Å². The first-order valence-corrected chi connectivity index (χ1v) is 6.89. The molecule has 2 atom stereocenters. The molecule has 1 heterocycles. The zero-order valence-electron chi connectivity index (χ0n) is 10.5. The van der Waals surface area contributed by atoms with Crippen LogP contribution in [0.1, 0.15) is 18.7 Å². The summed E-state index contributed by atoms with van der Waals surface area (Å²) in [4.78, 5) is 0. The molecule has 102 valence electrons. The summed E-state index contributed by atoms with van der Waals surface area (Å²) in [5, 5.41) is 8.44. The number of aromatic nitrogens is 3. The van der Waals surface area contributed by atoms with E-state index in [9.17, 15) is 0 Å². The van der Waals surface area contributed by atoms with E-state index in [0.29, 0.717) is 15.4 Å². The van der Waals surface area contributed by atoms with Crippen molar-refractivity contribution in [3.63, 3.8) is 0 Å². The van der Waals surface area contributed by atoms with Gasteiger partial charge < -0.3 is 10.5 Å². The van der Waals surface area contributed by atoms with Crippen molar-refractivity contribution >= 4 is 27.5 Å². The molecule has 0 spiro atoms. The second kappa shape index (κ2) is 5.90. The molecule has 2 aromatic rings. The van der Waals surface area contributed by atoms with Crippen LogP contribution in [0.25, 0.3) is 0 Å². The Morgan fingerprint density at radius 2 is 2.21 bits per heavy atom. The number of hydrogen-bond acceptors (Lipinski definition) is 4. The molecule has 5 nitrogen and oxygen atoms in total. The average Bonchev–Trinajstić information content (AvgIpc) is 2.68. The molecule has 0 aliphatic carbocycles. The van der Waals surface area contributed by atoms with E-state index in [1.54, 1.807) is 23.9 Å². The van der Waals surface area contributed by atoms with Crippen LogP contribution >= 0.6 is 27.5 Å². The van der Waals surface area contributed by atoms with Gasteiger partial charge in [-0.1, -0.05) is 22.9 Å². The Balaban J connectivity index is 2.14. The van der Waals surface area contributed by atoms with Crippen molar-refractivity contribution < 1.29 is 4.74 Å². The molecular weight excluding hydrogens is 332 g/mol. The molecule has 7 heteroatoms. The smallest absolute Gasteiger partial charge is 0.153 e. The van der Waals surface area contributed by atoms with Crippen LogP contribution in [-0.2, 0) is 7.05 Å². The maximum absolute atomic E-state index is 6.18. The van der Waals surface area contributed by atoms with Gasteiger partial charge in [0.15, 0.2) is 4.60 Å². The third-order valence-electron chi connectivity index (χ3n) is 2.77. The predicted octanol–water partition coefficient (Wildman–Crippen LogP) is 2.70. The minimum atomic E-state index is -0.353. The standard InChI is InChI=1S/C12H14BrClN4O/c1-7(19-9-5-3-4-8(14)6-9)10(15)11-12(13)16-17-18(11)2/h3-7,10H,15H2,1-2H3. The number of nitrogens with two attached hydrogens (primary N) is 1. The van der Waals surface area contributed by atoms with E-state index in [1.807, 2.05) is 19.1 Å². The van der Waals surface area contributed by atoms with Crippen molar-refractivity contribution in [3.8, 4) is 5.75 Å². The predicted molar refractivity (Wildman–Crippen MR) is 77.2 cm³/mol. The van der Waals surface area contributed by atoms with Crippen LogP contribution in [0.5, 0.6) is 5.75 Å². The highest BCUT2D eigenvalue weighted by molar-refractivity contribution is 9.10. The summed E-state index contributed by atoms with van der Waals surface area (Å²) >= 11 is 9.25. The SMILES string of the molecule is CC(Oc1cccc(Cl)c1)C(N)c1c(Br)nnn1C. The Labute approximate surface area is 124 Å². The van der Waals surface area contributed by atoms with Gasteiger partial charge in [0.25, 0.3) is 0 Å². The van der Waals surface area contributed by atoms with Crippen LogP contribution in [0.15, 0.2) is 28.9 Å². The fraction of sp³-hybridized carbons (Fsp3) is 0.333. The zero-order valence-corrected chi connectivity index (χ0v) is 12.9. The molecule has 1 aromatic heterocycles. The Bertz CT molecular complexity index is 555. The van der Waals surface area contributed by atoms with E-state index in [1.165, 1.54) is 0 Å². The number of halogens is 2. The minimum absolute atomic E-state index is 0.244. The summed E-state index contributed by atoms with van der Waals surface area (Å²) < 4.78 is 8.05. The molecule has 0 amide bonds. The minimum Gasteiger partial charge on any atom is -0.489 e. The van der Waals surface area contributed by atoms with E-state index in [2.05, 4.69) is 26.2 Å². The lowest BCUT2D eigenvalue weighted by Gasteiger charge is -2.21. The van der Waals surface area contributed by atoms with E-state index in [0.717, 1.165) is 5.69 Å². The molecule has 0 aliphatic rings. The van der Waals surface area contributed by atoms with E-state index >= 15 is 0 Å². The molecule has 1 aromatic carbocycles. The quantitative estimate of drug-likeness (QED) is 0.925. The normalized spacial score (nSPS) is 14.2. The third-order valence-corrected chi connectivity index (χ3v) is 3.57. The van der Waals surface area contributed by atoms with Crippen LogP contribution in [-0.4, -0.2) is 21.1 Å². The lowest BCUT2D eigenvalue weighted by molar-refractivity contribution is 0.186. The number of benzene rings is 1. The molecule has 0 radical (unpaired) electrons. The fourth-order valence-electron chi connectivity index (χ4n) is 1.74. The summed E-state index contributed by atoms with van der Waals surface area (Å²) in [6.45, 7) is 1.89. The molecule has 0 saturated carbocycles. The summed E-state index contributed by atoms with van der Waals surface area (Å²) in [5.41, 5.74) is 6.97. The molecule has 0 fully saturated rings. The Morgan fingerprint density at radius 1 is 1.47 bits per heavy atom. The highest BCUT2D eigenvalue weighted by atomic mass is 79.9. The van der Waals surface area contributed by atoms with Crippen LogP contribution in [0.4, 0.5) is 0 Å². The Hall–Kier alpha value is -1.11. The number of rotatable bonds is 4. The van der Waals surface area contributed by atoms with Gasteiger partial charge in [0.2, 0.25) is 0 Å². The molecule has 2 unspecified atom stereocenters. The van der Waals surface area contributed by atoms with Gasteiger partial charge in [0.1, 0.15) is 11.9 Å². The van der Waals surface area contributed by atoms with E-state index in [4.69, 9.17) is 22.1 Å². The van der Waals surface area contributed by atoms with Crippen molar-refractivity contribution in [2.45, 2.75) is 19.1 Å². The summed E-state index contributed by atoms with van der Waals surface area (Å²) in [6, 6.07) is 6.86. The molecule has 0 aliphatic heterocycles. The average molecular weight is 346 g/mol. The number of ether oxygens (including phenoxy) is 1. The van der Waals surface area contributed by atoms with Gasteiger partial charge in [-0.25, -0.2) is 4.68 Å². The van der Waals surface area contributed by atoms with E-state index < -0.39 is 0 Å². The van der Waals surface area contributed by atoms with Gasteiger partial charge in [0, 0.05) is 12.1 Å². The first-order chi connectivity index (χ1) is 8.99. The summed E-state index contributed by atoms with van der Waals surface area (Å²) in [6.07, 6.45) is -0.244. The first kappa shape index (κ1) is 14.3. The summed E-state index contributed by atoms with van der Waals surface area (Å²) in [5.74, 6) is 0.682. The van der Waals surface area contributed by atoms with Crippen LogP contribution < -0.4 is 10.5 Å². The molecule has 0 bridgehead atoms. The second-order valence-corrected chi connectivity index (χ2v) is 5.38. The van der Waals surface area contributed by atoms with Gasteiger partial charge in [-0.15, -0.1) is 5.10 Å². The number of hydrogen-bond donors (Lipinski definition) is 1. The maximum atomic E-state index is 6.18.